The second-order valence-electron chi connectivity index (χ2n) is 9.72. The van der Waals surface area contributed by atoms with Crippen LogP contribution in [0.1, 0.15) is 32.9 Å². The summed E-state index contributed by atoms with van der Waals surface area (Å²) in [5.41, 5.74) is 2.83. The zero-order valence-electron chi connectivity index (χ0n) is 23.4. The number of halogens is 2. The van der Waals surface area contributed by atoms with Crippen molar-refractivity contribution in [2.75, 3.05) is 14.2 Å². The maximum atomic E-state index is 15.2. The zero-order chi connectivity index (χ0) is 30.0. The van der Waals surface area contributed by atoms with Gasteiger partial charge in [-0.25, -0.2) is 13.8 Å². The van der Waals surface area contributed by atoms with E-state index < -0.39 is 22.8 Å². The number of hydrogen-bond donors (Lipinski definition) is 1. The molecule has 0 spiro atoms. The summed E-state index contributed by atoms with van der Waals surface area (Å²) in [5.74, 6) is -0.899. The number of pyridine rings is 3. The maximum Gasteiger partial charge on any atom is 0.200 e. The predicted octanol–water partition coefficient (Wildman–Crippen LogP) is 6.25. The summed E-state index contributed by atoms with van der Waals surface area (Å²) in [6.45, 7) is 3.38. The fourth-order valence-electron chi connectivity index (χ4n) is 4.87. The largest absolute Gasteiger partial charge is 0.495 e. The molecule has 0 aliphatic rings. The number of ether oxygens (including phenoxy) is 3. The molecule has 0 unspecified atom stereocenters. The Hall–Kier alpha value is -4.96. The fourth-order valence-corrected chi connectivity index (χ4v) is 4.87. The molecule has 0 aliphatic carbocycles. The quantitative estimate of drug-likeness (QED) is 0.209. The van der Waals surface area contributed by atoms with Crippen molar-refractivity contribution in [1.29, 1.82) is 0 Å². The monoisotopic (exact) mass is 571 g/mol. The molecule has 0 atom stereocenters. The Morgan fingerprint density at radius 3 is 2.50 bits per heavy atom. The van der Waals surface area contributed by atoms with Crippen molar-refractivity contribution in [3.05, 3.63) is 111 Å². The molecule has 0 radical (unpaired) electrons. The first-order valence-electron chi connectivity index (χ1n) is 13.0. The maximum absolute atomic E-state index is 15.2. The molecule has 3 heterocycles. The number of H-pyrrole nitrogens is 1. The number of aromatic nitrogens is 3. The van der Waals surface area contributed by atoms with Crippen LogP contribution >= 0.6 is 0 Å². The number of nitrogens with zero attached hydrogens (tertiary/aromatic N) is 2. The van der Waals surface area contributed by atoms with E-state index in [1.807, 2.05) is 0 Å². The third-order valence-corrected chi connectivity index (χ3v) is 6.83. The van der Waals surface area contributed by atoms with Crippen LogP contribution in [0.15, 0.2) is 65.7 Å². The van der Waals surface area contributed by atoms with Gasteiger partial charge in [-0.05, 0) is 54.8 Å². The molecule has 5 rings (SSSR count). The first kappa shape index (κ1) is 28.6. The number of carbonyl (C=O) groups excluding carboxylic acids is 1. The van der Waals surface area contributed by atoms with Gasteiger partial charge in [0.1, 0.15) is 17.1 Å². The van der Waals surface area contributed by atoms with Gasteiger partial charge < -0.3 is 19.2 Å². The average molecular weight is 572 g/mol. The summed E-state index contributed by atoms with van der Waals surface area (Å²) in [6.07, 6.45) is 2.78. The molecule has 0 saturated heterocycles. The number of methoxy groups -OCH3 is 2. The fraction of sp³-hybridized carbons (Fsp3) is 0.188. The molecule has 10 heteroatoms. The zero-order valence-corrected chi connectivity index (χ0v) is 23.4. The van der Waals surface area contributed by atoms with E-state index in [0.717, 1.165) is 0 Å². The lowest BCUT2D eigenvalue weighted by Crippen LogP contribution is -2.24. The Kier molecular flexibility index (Phi) is 8.08. The molecular weight excluding hydrogens is 544 g/mol. The normalized spacial score (nSPS) is 11.1. The molecule has 3 aromatic heterocycles. The lowest BCUT2D eigenvalue weighted by molar-refractivity contribution is 0.0985. The van der Waals surface area contributed by atoms with Gasteiger partial charge in [-0.3, -0.25) is 14.6 Å². The predicted molar refractivity (Wildman–Crippen MR) is 153 cm³/mol. The van der Waals surface area contributed by atoms with Gasteiger partial charge in [0.2, 0.25) is 5.43 Å². The smallest absolute Gasteiger partial charge is 0.200 e. The number of aromatic amines is 1. The van der Waals surface area contributed by atoms with Crippen molar-refractivity contribution in [1.82, 2.24) is 15.0 Å². The Labute approximate surface area is 239 Å². The molecule has 2 aromatic carbocycles. The Morgan fingerprint density at radius 1 is 0.976 bits per heavy atom. The number of fused-ring (bicyclic) bond motifs is 1. The summed E-state index contributed by atoms with van der Waals surface area (Å²) < 4.78 is 45.2. The molecule has 5 aromatic rings. The first-order chi connectivity index (χ1) is 20.2. The highest BCUT2D eigenvalue weighted by atomic mass is 19.1. The van der Waals surface area contributed by atoms with Crippen LogP contribution in [-0.2, 0) is 17.8 Å². The number of ketones is 1. The van der Waals surface area contributed by atoms with E-state index in [9.17, 15) is 14.0 Å². The summed E-state index contributed by atoms with van der Waals surface area (Å²) in [7, 11) is 2.97. The second-order valence-corrected chi connectivity index (χ2v) is 9.72. The minimum atomic E-state index is -0.698. The van der Waals surface area contributed by atoms with Crippen molar-refractivity contribution in [3.63, 3.8) is 0 Å². The summed E-state index contributed by atoms with van der Waals surface area (Å²) in [4.78, 5) is 38.9. The van der Waals surface area contributed by atoms with E-state index >= 15 is 4.39 Å². The minimum Gasteiger partial charge on any atom is -0.495 e. The first-order valence-corrected chi connectivity index (χ1v) is 13.0. The van der Waals surface area contributed by atoms with Gasteiger partial charge in [0, 0.05) is 43.1 Å². The number of benzene rings is 2. The molecule has 8 nitrogen and oxygen atoms in total. The molecule has 42 heavy (non-hydrogen) atoms. The summed E-state index contributed by atoms with van der Waals surface area (Å²) in [5, 5.41) is 0. The lowest BCUT2D eigenvalue weighted by Gasteiger charge is -2.15. The van der Waals surface area contributed by atoms with Gasteiger partial charge in [-0.2, -0.15) is 0 Å². The second kappa shape index (κ2) is 11.9. The van der Waals surface area contributed by atoms with Gasteiger partial charge in [0.25, 0.3) is 0 Å². The highest BCUT2D eigenvalue weighted by Gasteiger charge is 2.23. The number of Topliss-reactive ketones (excluding diaryl/α,β-unsaturated/α-hetero) is 1. The van der Waals surface area contributed by atoms with Crippen LogP contribution in [-0.4, -0.2) is 35.0 Å². The Balaban J connectivity index is 1.46. The Bertz CT molecular complexity index is 1890. The lowest BCUT2D eigenvalue weighted by atomic mass is 9.93. The van der Waals surface area contributed by atoms with Crippen molar-refractivity contribution < 1.29 is 27.8 Å². The Morgan fingerprint density at radius 2 is 1.79 bits per heavy atom. The molecule has 0 amide bonds. The van der Waals surface area contributed by atoms with Gasteiger partial charge in [0.15, 0.2) is 23.1 Å². The molecule has 214 valence electrons. The van der Waals surface area contributed by atoms with E-state index in [4.69, 9.17) is 14.2 Å². The molecule has 0 saturated carbocycles. The standard InChI is InChI=1S/C32H27F2N3O5/c1-17-11-20(33)6-7-22(17)29-18(2)37-25(16-40-3)30(32(29)39)26(38)13-19-5-8-27(23(34)12-19)42-28-9-10-35-24-14-21(41-4)15-36-31(24)28/h5-12,14-15H,13,16H2,1-4H3,(H,37,39). The SMILES string of the molecule is COCc1[nH]c(C)c(-c2ccc(F)cc2C)c(=O)c1C(=O)Cc1ccc(Oc2ccnc3cc(OC)cnc23)c(F)c1. The number of hydrogen-bond acceptors (Lipinski definition) is 7. The third kappa shape index (κ3) is 5.61. The van der Waals surface area contributed by atoms with E-state index in [0.29, 0.717) is 50.6 Å². The third-order valence-electron chi connectivity index (χ3n) is 6.83. The summed E-state index contributed by atoms with van der Waals surface area (Å²) >= 11 is 0. The van der Waals surface area contributed by atoms with Crippen molar-refractivity contribution in [3.8, 4) is 28.4 Å². The highest BCUT2D eigenvalue weighted by Crippen LogP contribution is 2.31. The van der Waals surface area contributed by atoms with Crippen molar-refractivity contribution in [2.24, 2.45) is 0 Å². The van der Waals surface area contributed by atoms with E-state index in [2.05, 4.69) is 15.0 Å². The topological polar surface area (TPSA) is 103 Å². The number of carbonyl (C=O) groups is 1. The minimum absolute atomic E-state index is 0.0131. The van der Waals surface area contributed by atoms with Crippen molar-refractivity contribution in [2.45, 2.75) is 26.9 Å². The van der Waals surface area contributed by atoms with Gasteiger partial charge >= 0.3 is 0 Å². The van der Waals surface area contributed by atoms with Gasteiger partial charge in [0.05, 0.1) is 36.7 Å². The summed E-state index contributed by atoms with van der Waals surface area (Å²) in [6, 6.07) is 11.5. The molecule has 0 aliphatic heterocycles. The molecular formula is C32H27F2N3O5. The van der Waals surface area contributed by atoms with Crippen LogP contribution in [0, 0.1) is 25.5 Å². The number of nitrogens with one attached hydrogen (secondary N) is 1. The number of rotatable bonds is 9. The van der Waals surface area contributed by atoms with Crippen molar-refractivity contribution >= 4 is 16.8 Å². The van der Waals surface area contributed by atoms with E-state index in [-0.39, 0.29) is 29.9 Å². The van der Waals surface area contributed by atoms with Gasteiger partial charge in [-0.15, -0.1) is 0 Å². The van der Waals surface area contributed by atoms with Crippen LogP contribution in [0.4, 0.5) is 8.78 Å². The average Bonchev–Trinajstić information content (AvgIpc) is 2.95. The van der Waals surface area contributed by atoms with Crippen LogP contribution in [0.3, 0.4) is 0 Å². The molecule has 1 N–H and O–H groups in total. The van der Waals surface area contributed by atoms with E-state index in [1.54, 1.807) is 32.0 Å². The molecule has 0 fully saturated rings. The highest BCUT2D eigenvalue weighted by molar-refractivity contribution is 5.99. The molecule has 0 bridgehead atoms. The van der Waals surface area contributed by atoms with Crippen LogP contribution in [0.5, 0.6) is 17.2 Å². The van der Waals surface area contributed by atoms with Crippen LogP contribution in [0.2, 0.25) is 0 Å². The van der Waals surface area contributed by atoms with Crippen LogP contribution < -0.4 is 14.9 Å². The number of aryl methyl sites for hydroxylation is 2. The van der Waals surface area contributed by atoms with E-state index in [1.165, 1.54) is 56.9 Å². The van der Waals surface area contributed by atoms with Crippen LogP contribution in [0.25, 0.3) is 22.2 Å². The van der Waals surface area contributed by atoms with Gasteiger partial charge in [-0.1, -0.05) is 12.1 Å².